The van der Waals surface area contributed by atoms with Gasteiger partial charge >= 0.3 is 0 Å². The van der Waals surface area contributed by atoms with Crippen LogP contribution in [0.25, 0.3) is 0 Å². The molecular formula is C8H13N3O. The number of primary amides is 1. The third kappa shape index (κ3) is 1.65. The molecule has 3 N–H and O–H groups in total. The first-order valence-electron chi connectivity index (χ1n) is 3.72. The Morgan fingerprint density at radius 2 is 2.33 bits per heavy atom. The fraction of sp³-hybridized carbons (Fsp3) is 0.375. The summed E-state index contributed by atoms with van der Waals surface area (Å²) in [6, 6.07) is 3.32. The summed E-state index contributed by atoms with van der Waals surface area (Å²) in [5.74, 6) is -0.345. The minimum absolute atomic E-state index is 0.345. The van der Waals surface area contributed by atoms with Crippen LogP contribution in [0.3, 0.4) is 0 Å². The van der Waals surface area contributed by atoms with E-state index >= 15 is 0 Å². The van der Waals surface area contributed by atoms with Gasteiger partial charge < -0.3 is 10.7 Å². The molecule has 66 valence electrons. The standard InChI is InChI=1S/C8H13N3O/c1-11(2)7(8(9)12)6-4-3-5-10-6/h3-5,7,10H,1-2H3,(H2,9,12). The maximum atomic E-state index is 11.0. The molecule has 0 aliphatic heterocycles. The van der Waals surface area contributed by atoms with Gasteiger partial charge in [-0.2, -0.15) is 0 Å². The van der Waals surface area contributed by atoms with Gasteiger partial charge in [0.25, 0.3) is 0 Å². The van der Waals surface area contributed by atoms with Crippen molar-refractivity contribution in [3.05, 3.63) is 24.0 Å². The number of hydrogen-bond donors (Lipinski definition) is 2. The van der Waals surface area contributed by atoms with E-state index in [1.54, 1.807) is 11.1 Å². The molecule has 0 aliphatic rings. The van der Waals surface area contributed by atoms with Crippen LogP contribution >= 0.6 is 0 Å². The van der Waals surface area contributed by atoms with Crippen molar-refractivity contribution >= 4 is 5.91 Å². The number of hydrogen-bond acceptors (Lipinski definition) is 2. The van der Waals surface area contributed by atoms with Crippen LogP contribution in [0.1, 0.15) is 11.7 Å². The van der Waals surface area contributed by atoms with Crippen molar-refractivity contribution in [3.8, 4) is 0 Å². The monoisotopic (exact) mass is 167 g/mol. The molecule has 1 heterocycles. The summed E-state index contributed by atoms with van der Waals surface area (Å²) in [7, 11) is 3.63. The zero-order valence-corrected chi connectivity index (χ0v) is 7.24. The van der Waals surface area contributed by atoms with Crippen LogP contribution in [0.4, 0.5) is 0 Å². The lowest BCUT2D eigenvalue weighted by atomic mass is 10.2. The zero-order chi connectivity index (χ0) is 9.14. The summed E-state index contributed by atoms with van der Waals surface area (Å²) in [5.41, 5.74) is 6.05. The van der Waals surface area contributed by atoms with Gasteiger partial charge in [-0.05, 0) is 26.2 Å². The number of amides is 1. The molecule has 4 heteroatoms. The van der Waals surface area contributed by atoms with Crippen LogP contribution in [0, 0.1) is 0 Å². The first kappa shape index (κ1) is 8.80. The summed E-state index contributed by atoms with van der Waals surface area (Å²) < 4.78 is 0. The van der Waals surface area contributed by atoms with Gasteiger partial charge in [-0.1, -0.05) is 0 Å². The fourth-order valence-corrected chi connectivity index (χ4v) is 1.20. The minimum Gasteiger partial charge on any atom is -0.368 e. The van der Waals surface area contributed by atoms with Crippen molar-refractivity contribution in [1.29, 1.82) is 0 Å². The molecule has 1 unspecified atom stereocenters. The molecule has 1 aromatic rings. The maximum Gasteiger partial charge on any atom is 0.240 e. The van der Waals surface area contributed by atoms with Gasteiger partial charge in [0.2, 0.25) is 5.91 Å². The van der Waals surface area contributed by atoms with E-state index in [2.05, 4.69) is 4.98 Å². The van der Waals surface area contributed by atoms with E-state index < -0.39 is 0 Å². The summed E-state index contributed by atoms with van der Waals surface area (Å²) in [6.45, 7) is 0. The Labute approximate surface area is 71.4 Å². The predicted octanol–water partition coefficient (Wildman–Crippen LogP) is 0.103. The van der Waals surface area contributed by atoms with Gasteiger partial charge in [0, 0.05) is 11.9 Å². The lowest BCUT2D eigenvalue weighted by Crippen LogP contribution is -2.32. The summed E-state index contributed by atoms with van der Waals surface area (Å²) in [4.78, 5) is 15.7. The quantitative estimate of drug-likeness (QED) is 0.670. The highest BCUT2D eigenvalue weighted by atomic mass is 16.1. The summed E-state index contributed by atoms with van der Waals surface area (Å²) >= 11 is 0. The molecule has 12 heavy (non-hydrogen) atoms. The summed E-state index contributed by atoms with van der Waals surface area (Å²) in [6.07, 6.45) is 1.77. The average molecular weight is 167 g/mol. The zero-order valence-electron chi connectivity index (χ0n) is 7.24. The van der Waals surface area contributed by atoms with E-state index in [1.807, 2.05) is 26.2 Å². The Hall–Kier alpha value is -1.29. The van der Waals surface area contributed by atoms with E-state index in [4.69, 9.17) is 5.73 Å². The Morgan fingerprint density at radius 1 is 1.67 bits per heavy atom. The summed E-state index contributed by atoms with van der Waals surface area (Å²) in [5, 5.41) is 0. The van der Waals surface area contributed by atoms with Gasteiger partial charge in [-0.15, -0.1) is 0 Å². The van der Waals surface area contributed by atoms with Gasteiger partial charge in [0.1, 0.15) is 6.04 Å². The molecule has 0 radical (unpaired) electrons. The van der Waals surface area contributed by atoms with E-state index in [-0.39, 0.29) is 11.9 Å². The van der Waals surface area contributed by atoms with Crippen LogP contribution in [0.15, 0.2) is 18.3 Å². The first-order chi connectivity index (χ1) is 5.63. The number of carbonyl (C=O) groups is 1. The van der Waals surface area contributed by atoms with Gasteiger partial charge in [0.05, 0.1) is 0 Å². The fourth-order valence-electron chi connectivity index (χ4n) is 1.20. The topological polar surface area (TPSA) is 62.1 Å². The largest absolute Gasteiger partial charge is 0.368 e. The number of aromatic nitrogens is 1. The molecule has 1 aromatic heterocycles. The smallest absolute Gasteiger partial charge is 0.240 e. The second kappa shape index (κ2) is 3.40. The second-order valence-corrected chi connectivity index (χ2v) is 2.89. The van der Waals surface area contributed by atoms with E-state index in [9.17, 15) is 4.79 Å². The highest BCUT2D eigenvalue weighted by molar-refractivity contribution is 5.80. The van der Waals surface area contributed by atoms with E-state index in [0.29, 0.717) is 0 Å². The molecule has 0 saturated heterocycles. The number of aromatic amines is 1. The van der Waals surface area contributed by atoms with Gasteiger partial charge in [-0.25, -0.2) is 0 Å². The van der Waals surface area contributed by atoms with Crippen molar-refractivity contribution in [2.24, 2.45) is 5.73 Å². The first-order valence-corrected chi connectivity index (χ1v) is 3.72. The third-order valence-corrected chi connectivity index (χ3v) is 1.70. The normalized spacial score (nSPS) is 13.2. The Bertz CT molecular complexity index is 253. The Balaban J connectivity index is 2.88. The van der Waals surface area contributed by atoms with Crippen molar-refractivity contribution in [1.82, 2.24) is 9.88 Å². The molecule has 1 amide bonds. The second-order valence-electron chi connectivity index (χ2n) is 2.89. The highest BCUT2D eigenvalue weighted by Gasteiger charge is 2.20. The third-order valence-electron chi connectivity index (χ3n) is 1.70. The molecule has 0 fully saturated rings. The molecule has 0 bridgehead atoms. The molecule has 0 aliphatic carbocycles. The number of likely N-dealkylation sites (N-methyl/N-ethyl adjacent to an activating group) is 1. The van der Waals surface area contributed by atoms with Crippen molar-refractivity contribution in [2.75, 3.05) is 14.1 Å². The lowest BCUT2D eigenvalue weighted by molar-refractivity contribution is -0.122. The molecular weight excluding hydrogens is 154 g/mol. The van der Waals surface area contributed by atoms with Crippen molar-refractivity contribution in [2.45, 2.75) is 6.04 Å². The van der Waals surface area contributed by atoms with E-state index in [0.717, 1.165) is 5.69 Å². The van der Waals surface area contributed by atoms with Crippen LogP contribution < -0.4 is 5.73 Å². The molecule has 4 nitrogen and oxygen atoms in total. The van der Waals surface area contributed by atoms with Gasteiger partial charge in [-0.3, -0.25) is 9.69 Å². The Morgan fingerprint density at radius 3 is 2.67 bits per heavy atom. The number of nitrogens with two attached hydrogens (primary N) is 1. The van der Waals surface area contributed by atoms with Crippen LogP contribution in [-0.4, -0.2) is 29.9 Å². The average Bonchev–Trinajstić information content (AvgIpc) is 2.37. The van der Waals surface area contributed by atoms with Crippen molar-refractivity contribution < 1.29 is 4.79 Å². The van der Waals surface area contributed by atoms with Crippen LogP contribution in [-0.2, 0) is 4.79 Å². The van der Waals surface area contributed by atoms with Crippen LogP contribution in [0.2, 0.25) is 0 Å². The number of carbonyl (C=O) groups excluding carboxylic acids is 1. The SMILES string of the molecule is CN(C)C(C(N)=O)c1ccc[nH]1. The highest BCUT2D eigenvalue weighted by Crippen LogP contribution is 2.14. The molecule has 0 aromatic carbocycles. The molecule has 0 spiro atoms. The number of nitrogens with one attached hydrogen (secondary N) is 1. The lowest BCUT2D eigenvalue weighted by Gasteiger charge is -2.19. The molecule has 1 atom stereocenters. The minimum atomic E-state index is -0.361. The molecule has 1 rings (SSSR count). The predicted molar refractivity (Wildman–Crippen MR) is 46.4 cm³/mol. The van der Waals surface area contributed by atoms with Gasteiger partial charge in [0.15, 0.2) is 0 Å². The van der Waals surface area contributed by atoms with Crippen LogP contribution in [0.5, 0.6) is 0 Å². The Kier molecular flexibility index (Phi) is 2.50. The number of H-pyrrole nitrogens is 1. The van der Waals surface area contributed by atoms with E-state index in [1.165, 1.54) is 0 Å². The maximum absolute atomic E-state index is 11.0. The number of rotatable bonds is 3. The number of nitrogens with zero attached hydrogens (tertiary/aromatic N) is 1. The molecule has 0 saturated carbocycles. The van der Waals surface area contributed by atoms with Crippen molar-refractivity contribution in [3.63, 3.8) is 0 Å².